The van der Waals surface area contributed by atoms with Crippen LogP contribution < -0.4 is 15.4 Å². The zero-order valence-electron chi connectivity index (χ0n) is 16.3. The van der Waals surface area contributed by atoms with E-state index in [1.165, 1.54) is 25.4 Å². The maximum Gasteiger partial charge on any atom is 0.433 e. The number of alkyl halides is 3. The number of hydrogen-bond donors (Lipinski definition) is 2. The highest BCUT2D eigenvalue weighted by atomic mass is 19.4. The molecule has 5 nitrogen and oxygen atoms in total. The van der Waals surface area contributed by atoms with Gasteiger partial charge in [0.15, 0.2) is 0 Å². The Morgan fingerprint density at radius 3 is 2.41 bits per heavy atom. The molecule has 1 aromatic carbocycles. The van der Waals surface area contributed by atoms with Crippen molar-refractivity contribution in [2.75, 3.05) is 14.2 Å². The summed E-state index contributed by atoms with van der Waals surface area (Å²) in [5.41, 5.74) is 0.636. The Labute approximate surface area is 168 Å². The van der Waals surface area contributed by atoms with Crippen LogP contribution in [0.3, 0.4) is 0 Å². The number of carbonyl (C=O) groups excluding carboxylic acids is 1. The molecule has 2 atom stereocenters. The first-order valence-electron chi connectivity index (χ1n) is 9.04. The lowest BCUT2D eigenvalue weighted by atomic mass is 9.98. The number of aryl methyl sites for hydroxylation is 1. The Morgan fingerprint density at radius 2 is 1.93 bits per heavy atom. The summed E-state index contributed by atoms with van der Waals surface area (Å²) >= 11 is 0. The third-order valence-electron chi connectivity index (χ3n) is 4.51. The third kappa shape index (κ3) is 6.32. The third-order valence-corrected chi connectivity index (χ3v) is 4.51. The molecule has 0 radical (unpaired) electrons. The van der Waals surface area contributed by atoms with Crippen LogP contribution >= 0.6 is 0 Å². The lowest BCUT2D eigenvalue weighted by Crippen LogP contribution is -2.43. The normalized spacial score (nSPS) is 13.4. The van der Waals surface area contributed by atoms with Crippen LogP contribution in [0.2, 0.25) is 0 Å². The number of nitrogens with zero attached hydrogens (tertiary/aromatic N) is 1. The molecular weight excluding hydrogens is 383 g/mol. The zero-order chi connectivity index (χ0) is 21.4. The largest absolute Gasteiger partial charge is 0.497 e. The quantitative estimate of drug-likeness (QED) is 0.623. The molecule has 0 spiro atoms. The van der Waals surface area contributed by atoms with E-state index in [-0.39, 0.29) is 5.91 Å². The smallest absolute Gasteiger partial charge is 0.433 e. The Balaban J connectivity index is 2.21. The van der Waals surface area contributed by atoms with Crippen LogP contribution in [-0.4, -0.2) is 31.1 Å². The van der Waals surface area contributed by atoms with Crippen molar-refractivity contribution in [3.63, 3.8) is 0 Å². The van der Waals surface area contributed by atoms with Gasteiger partial charge in [-0.05, 0) is 42.2 Å². The minimum absolute atomic E-state index is 0.283. The Hall–Kier alpha value is -2.87. The van der Waals surface area contributed by atoms with E-state index in [9.17, 15) is 18.0 Å². The predicted octanol–water partition coefficient (Wildman–Crippen LogP) is 3.67. The summed E-state index contributed by atoms with van der Waals surface area (Å²) < 4.78 is 43.6. The van der Waals surface area contributed by atoms with Gasteiger partial charge in [0, 0.05) is 19.3 Å². The molecule has 0 bridgehead atoms. The first-order chi connectivity index (χ1) is 13.8. The summed E-state index contributed by atoms with van der Waals surface area (Å²) in [5.74, 6) is 0.455. The number of likely N-dealkylation sites (N-methyl/N-ethyl adjacent to an activating group) is 1. The SMILES string of the molecule is C=C[C@H](N[C@@H](CCc1ccc(OC)cc1)c1ccc(C(F)(F)F)nc1)C(=O)NC. The second-order valence-electron chi connectivity index (χ2n) is 6.41. The summed E-state index contributed by atoms with van der Waals surface area (Å²) in [6.07, 6.45) is -0.674. The fraction of sp³-hybridized carbons (Fsp3) is 0.333. The number of rotatable bonds is 9. The molecule has 1 heterocycles. The van der Waals surface area contributed by atoms with Gasteiger partial charge in [0.2, 0.25) is 5.91 Å². The minimum Gasteiger partial charge on any atom is -0.497 e. The van der Waals surface area contributed by atoms with Crippen molar-refractivity contribution in [1.82, 2.24) is 15.6 Å². The number of hydrogen-bond acceptors (Lipinski definition) is 4. The van der Waals surface area contributed by atoms with Gasteiger partial charge >= 0.3 is 6.18 Å². The van der Waals surface area contributed by atoms with E-state index in [0.29, 0.717) is 18.4 Å². The van der Waals surface area contributed by atoms with Crippen LogP contribution in [0.4, 0.5) is 13.2 Å². The van der Waals surface area contributed by atoms with Crippen molar-refractivity contribution < 1.29 is 22.7 Å². The van der Waals surface area contributed by atoms with Gasteiger partial charge in [-0.15, -0.1) is 6.58 Å². The fourth-order valence-corrected chi connectivity index (χ4v) is 2.85. The number of carbonyl (C=O) groups is 1. The van der Waals surface area contributed by atoms with Gasteiger partial charge in [-0.25, -0.2) is 0 Å². The number of pyridine rings is 1. The number of halogens is 3. The fourth-order valence-electron chi connectivity index (χ4n) is 2.85. The molecule has 0 aliphatic carbocycles. The number of ether oxygens (including phenoxy) is 1. The number of aromatic nitrogens is 1. The molecule has 0 saturated carbocycles. The molecular formula is C21H24F3N3O2. The van der Waals surface area contributed by atoms with E-state index in [1.807, 2.05) is 24.3 Å². The number of amides is 1. The monoisotopic (exact) mass is 407 g/mol. The van der Waals surface area contributed by atoms with Crippen molar-refractivity contribution in [1.29, 1.82) is 0 Å². The van der Waals surface area contributed by atoms with Gasteiger partial charge in [0.1, 0.15) is 17.5 Å². The van der Waals surface area contributed by atoms with Gasteiger partial charge in [0.25, 0.3) is 0 Å². The highest BCUT2D eigenvalue weighted by molar-refractivity contribution is 5.83. The second kappa shape index (κ2) is 10.1. The standard InChI is InChI=1S/C21H24F3N3O2/c1-4-17(20(28)25-2)27-18(11-7-14-5-9-16(29-3)10-6-14)15-8-12-19(26-13-15)21(22,23)24/h4-6,8-10,12-13,17-18,27H,1,7,11H2,2-3H3,(H,25,28)/t17-,18-/m0/s1. The van der Waals surface area contributed by atoms with Gasteiger partial charge < -0.3 is 10.1 Å². The maximum absolute atomic E-state index is 12.8. The van der Waals surface area contributed by atoms with Crippen molar-refractivity contribution in [3.05, 3.63) is 72.1 Å². The van der Waals surface area contributed by atoms with Crippen molar-refractivity contribution in [3.8, 4) is 5.75 Å². The van der Waals surface area contributed by atoms with Crippen LogP contribution in [0, 0.1) is 0 Å². The number of methoxy groups -OCH3 is 1. The van der Waals surface area contributed by atoms with Crippen molar-refractivity contribution >= 4 is 5.91 Å². The van der Waals surface area contributed by atoms with Crippen LogP contribution in [-0.2, 0) is 17.4 Å². The van der Waals surface area contributed by atoms with E-state index < -0.39 is 24.0 Å². The Morgan fingerprint density at radius 1 is 1.24 bits per heavy atom. The predicted molar refractivity (Wildman–Crippen MR) is 104 cm³/mol. The van der Waals surface area contributed by atoms with E-state index in [0.717, 1.165) is 17.4 Å². The maximum atomic E-state index is 12.8. The topological polar surface area (TPSA) is 63.2 Å². The molecule has 156 valence electrons. The first kappa shape index (κ1) is 22.4. The van der Waals surface area contributed by atoms with Crippen molar-refractivity contribution in [2.24, 2.45) is 0 Å². The van der Waals surface area contributed by atoms with Gasteiger partial charge in [0.05, 0.1) is 7.11 Å². The summed E-state index contributed by atoms with van der Waals surface area (Å²) in [7, 11) is 3.09. The molecule has 8 heteroatoms. The molecule has 1 aromatic heterocycles. The average Bonchev–Trinajstić information content (AvgIpc) is 2.73. The summed E-state index contributed by atoms with van der Waals surface area (Å²) in [5, 5.41) is 5.68. The summed E-state index contributed by atoms with van der Waals surface area (Å²) in [6, 6.07) is 8.76. The molecule has 1 amide bonds. The first-order valence-corrected chi connectivity index (χ1v) is 9.04. The second-order valence-corrected chi connectivity index (χ2v) is 6.41. The molecule has 29 heavy (non-hydrogen) atoms. The van der Waals surface area contributed by atoms with Crippen LogP contribution in [0.25, 0.3) is 0 Å². The van der Waals surface area contributed by atoms with Gasteiger partial charge in [-0.2, -0.15) is 13.2 Å². The van der Waals surface area contributed by atoms with E-state index in [1.54, 1.807) is 7.11 Å². The van der Waals surface area contributed by atoms with E-state index in [4.69, 9.17) is 4.74 Å². The molecule has 0 unspecified atom stereocenters. The zero-order valence-corrected chi connectivity index (χ0v) is 16.3. The lowest BCUT2D eigenvalue weighted by molar-refractivity contribution is -0.141. The molecule has 0 aliphatic rings. The molecule has 2 N–H and O–H groups in total. The summed E-state index contributed by atoms with van der Waals surface area (Å²) in [6.45, 7) is 3.66. The molecule has 0 aliphatic heterocycles. The average molecular weight is 407 g/mol. The number of nitrogens with one attached hydrogen (secondary N) is 2. The minimum atomic E-state index is -4.50. The molecule has 2 aromatic rings. The van der Waals surface area contributed by atoms with Gasteiger partial charge in [-0.3, -0.25) is 15.1 Å². The lowest BCUT2D eigenvalue weighted by Gasteiger charge is -2.23. The highest BCUT2D eigenvalue weighted by Gasteiger charge is 2.32. The highest BCUT2D eigenvalue weighted by Crippen LogP contribution is 2.29. The van der Waals surface area contributed by atoms with Crippen LogP contribution in [0.5, 0.6) is 5.75 Å². The van der Waals surface area contributed by atoms with Crippen LogP contribution in [0.15, 0.2) is 55.3 Å². The Kier molecular flexibility index (Phi) is 7.78. The molecule has 0 fully saturated rings. The number of benzene rings is 1. The van der Waals surface area contributed by atoms with Gasteiger partial charge in [-0.1, -0.05) is 24.3 Å². The Bertz CT molecular complexity index is 805. The van der Waals surface area contributed by atoms with E-state index >= 15 is 0 Å². The molecule has 2 rings (SSSR count). The van der Waals surface area contributed by atoms with Crippen molar-refractivity contribution in [2.45, 2.75) is 31.1 Å². The van der Waals surface area contributed by atoms with Crippen LogP contribution in [0.1, 0.15) is 29.3 Å². The molecule has 0 saturated heterocycles. The van der Waals surface area contributed by atoms with E-state index in [2.05, 4.69) is 22.2 Å². The summed E-state index contributed by atoms with van der Waals surface area (Å²) in [4.78, 5) is 15.6.